The van der Waals surface area contributed by atoms with Gasteiger partial charge in [-0.05, 0) is 48.5 Å². The zero-order chi connectivity index (χ0) is 20.6. The van der Waals surface area contributed by atoms with E-state index in [1.807, 2.05) is 0 Å². The van der Waals surface area contributed by atoms with Gasteiger partial charge in [0.15, 0.2) is 6.61 Å². The lowest BCUT2D eigenvalue weighted by Crippen LogP contribution is -2.42. The highest BCUT2D eigenvalue weighted by molar-refractivity contribution is 7.99. The molecule has 0 bridgehead atoms. The molecular formula is C18H14F2N4O4S. The first kappa shape index (κ1) is 20.3. The predicted molar refractivity (Wildman–Crippen MR) is 97.8 cm³/mol. The molecule has 0 fully saturated rings. The van der Waals surface area contributed by atoms with Crippen LogP contribution in [0.2, 0.25) is 0 Å². The monoisotopic (exact) mass is 420 g/mol. The SMILES string of the molecule is O=C(CSc1nnc(COc2ccc(F)cc2)o1)NNC(=O)c1ccc(F)cc1. The van der Waals surface area contributed by atoms with Crippen LogP contribution in [0.15, 0.2) is 58.2 Å². The van der Waals surface area contributed by atoms with Gasteiger partial charge < -0.3 is 9.15 Å². The Balaban J connectivity index is 1.39. The van der Waals surface area contributed by atoms with Crippen molar-refractivity contribution in [3.05, 3.63) is 71.6 Å². The molecular weight excluding hydrogens is 406 g/mol. The summed E-state index contributed by atoms with van der Waals surface area (Å²) in [5, 5.41) is 7.69. The van der Waals surface area contributed by atoms with Crippen molar-refractivity contribution in [2.45, 2.75) is 11.8 Å². The maximum Gasteiger partial charge on any atom is 0.277 e. The number of hydrogen-bond donors (Lipinski definition) is 2. The van der Waals surface area contributed by atoms with E-state index in [-0.39, 0.29) is 34.9 Å². The van der Waals surface area contributed by atoms with Gasteiger partial charge in [0.2, 0.25) is 5.91 Å². The molecule has 3 rings (SSSR count). The van der Waals surface area contributed by atoms with Gasteiger partial charge in [-0.1, -0.05) is 11.8 Å². The van der Waals surface area contributed by atoms with Crippen LogP contribution in [0.5, 0.6) is 5.75 Å². The highest BCUT2D eigenvalue weighted by atomic mass is 32.2. The molecule has 0 aliphatic rings. The molecule has 0 radical (unpaired) electrons. The molecule has 1 aromatic heterocycles. The minimum atomic E-state index is -0.582. The largest absolute Gasteiger partial charge is 0.484 e. The molecule has 1 heterocycles. The molecule has 8 nitrogen and oxygen atoms in total. The number of aromatic nitrogens is 2. The van der Waals surface area contributed by atoms with Crippen LogP contribution in [-0.2, 0) is 11.4 Å². The van der Waals surface area contributed by atoms with Crippen LogP contribution >= 0.6 is 11.8 Å². The first-order valence-electron chi connectivity index (χ1n) is 8.18. The number of ether oxygens (including phenoxy) is 1. The van der Waals surface area contributed by atoms with Crippen molar-refractivity contribution in [3.63, 3.8) is 0 Å². The molecule has 2 N–H and O–H groups in total. The quantitative estimate of drug-likeness (QED) is 0.447. The van der Waals surface area contributed by atoms with Crippen LogP contribution < -0.4 is 15.6 Å². The number of nitrogens with one attached hydrogen (secondary N) is 2. The average molecular weight is 420 g/mol. The summed E-state index contributed by atoms with van der Waals surface area (Å²) in [6, 6.07) is 10.3. The Morgan fingerprint density at radius 1 is 0.966 bits per heavy atom. The van der Waals surface area contributed by atoms with Crippen molar-refractivity contribution in [2.75, 3.05) is 5.75 Å². The van der Waals surface area contributed by atoms with E-state index in [1.54, 1.807) is 0 Å². The van der Waals surface area contributed by atoms with Crippen molar-refractivity contribution in [1.29, 1.82) is 0 Å². The number of thioether (sulfide) groups is 1. The maximum absolute atomic E-state index is 12.8. The van der Waals surface area contributed by atoms with Crippen molar-refractivity contribution < 1.29 is 27.5 Å². The number of hydrogen-bond acceptors (Lipinski definition) is 7. The number of benzene rings is 2. The van der Waals surface area contributed by atoms with Crippen LogP contribution in [0.4, 0.5) is 8.78 Å². The predicted octanol–water partition coefficient (Wildman–Crippen LogP) is 2.48. The number of carbonyl (C=O) groups is 2. The number of hydrazine groups is 1. The van der Waals surface area contributed by atoms with Crippen LogP contribution in [-0.4, -0.2) is 27.8 Å². The summed E-state index contributed by atoms with van der Waals surface area (Å²) in [5.74, 6) is -1.40. The average Bonchev–Trinajstić information content (AvgIpc) is 3.18. The number of amides is 2. The Labute approximate surface area is 167 Å². The molecule has 0 spiro atoms. The third-order valence-corrected chi connectivity index (χ3v) is 4.19. The number of rotatable bonds is 7. The topological polar surface area (TPSA) is 106 Å². The van der Waals surface area contributed by atoms with Gasteiger partial charge in [0.25, 0.3) is 17.0 Å². The highest BCUT2D eigenvalue weighted by Gasteiger charge is 2.12. The molecule has 0 unspecified atom stereocenters. The smallest absolute Gasteiger partial charge is 0.277 e. The van der Waals surface area contributed by atoms with Crippen molar-refractivity contribution >= 4 is 23.6 Å². The molecule has 0 saturated carbocycles. The third-order valence-electron chi connectivity index (χ3n) is 3.37. The van der Waals surface area contributed by atoms with E-state index in [0.29, 0.717) is 5.75 Å². The minimum absolute atomic E-state index is 0.0148. The van der Waals surface area contributed by atoms with E-state index >= 15 is 0 Å². The van der Waals surface area contributed by atoms with E-state index in [2.05, 4.69) is 21.0 Å². The maximum atomic E-state index is 12.8. The van der Waals surface area contributed by atoms with Crippen LogP contribution in [0.1, 0.15) is 16.2 Å². The molecule has 2 amide bonds. The summed E-state index contributed by atoms with van der Waals surface area (Å²) in [7, 11) is 0. The van der Waals surface area contributed by atoms with Gasteiger partial charge in [-0.25, -0.2) is 8.78 Å². The fraction of sp³-hybridized carbons (Fsp3) is 0.111. The molecule has 2 aromatic carbocycles. The Hall–Kier alpha value is -3.47. The second-order valence-electron chi connectivity index (χ2n) is 5.50. The summed E-state index contributed by atoms with van der Waals surface area (Å²) in [6.07, 6.45) is 0. The molecule has 11 heteroatoms. The summed E-state index contributed by atoms with van der Waals surface area (Å²) in [6.45, 7) is -0.0148. The van der Waals surface area contributed by atoms with Gasteiger partial charge in [0.1, 0.15) is 17.4 Å². The van der Waals surface area contributed by atoms with E-state index in [0.717, 1.165) is 23.9 Å². The van der Waals surface area contributed by atoms with Crippen molar-refractivity contribution in [3.8, 4) is 5.75 Å². The Morgan fingerprint density at radius 3 is 2.31 bits per heavy atom. The molecule has 150 valence electrons. The fourth-order valence-electron chi connectivity index (χ4n) is 1.99. The molecule has 29 heavy (non-hydrogen) atoms. The van der Waals surface area contributed by atoms with E-state index in [4.69, 9.17) is 9.15 Å². The molecule has 0 saturated heterocycles. The zero-order valence-electron chi connectivity index (χ0n) is 14.7. The number of carbonyl (C=O) groups excluding carboxylic acids is 2. The van der Waals surface area contributed by atoms with Crippen molar-refractivity contribution in [1.82, 2.24) is 21.0 Å². The van der Waals surface area contributed by atoms with Gasteiger partial charge in [0.05, 0.1) is 5.75 Å². The molecule has 0 aliphatic heterocycles. The number of halogens is 2. The Kier molecular flexibility index (Phi) is 6.74. The lowest BCUT2D eigenvalue weighted by Gasteiger charge is -2.06. The summed E-state index contributed by atoms with van der Waals surface area (Å²) in [5.41, 5.74) is 4.64. The highest BCUT2D eigenvalue weighted by Crippen LogP contribution is 2.17. The van der Waals surface area contributed by atoms with Gasteiger partial charge in [-0.2, -0.15) is 0 Å². The third kappa shape index (κ3) is 6.28. The lowest BCUT2D eigenvalue weighted by atomic mass is 10.2. The number of nitrogens with zero attached hydrogens (tertiary/aromatic N) is 2. The second-order valence-corrected chi connectivity index (χ2v) is 6.43. The standard InChI is InChI=1S/C18H14F2N4O4S/c19-12-3-1-11(2-4-12)17(26)23-21-15(25)10-29-18-24-22-16(28-18)9-27-14-7-5-13(20)6-8-14/h1-8H,9-10H2,(H,21,25)(H,23,26). The fourth-order valence-corrected chi connectivity index (χ4v) is 2.57. The van der Waals surface area contributed by atoms with E-state index in [1.165, 1.54) is 36.4 Å². The van der Waals surface area contributed by atoms with Gasteiger partial charge in [-0.15, -0.1) is 10.2 Å². The van der Waals surface area contributed by atoms with Gasteiger partial charge in [0, 0.05) is 5.56 Å². The minimum Gasteiger partial charge on any atom is -0.484 e. The lowest BCUT2D eigenvalue weighted by molar-refractivity contribution is -0.119. The van der Waals surface area contributed by atoms with Gasteiger partial charge in [-0.3, -0.25) is 20.4 Å². The van der Waals surface area contributed by atoms with Crippen LogP contribution in [0.3, 0.4) is 0 Å². The second kappa shape index (κ2) is 9.64. The normalized spacial score (nSPS) is 10.4. The first-order valence-corrected chi connectivity index (χ1v) is 9.16. The molecule has 0 aliphatic carbocycles. The van der Waals surface area contributed by atoms with Crippen LogP contribution in [0.25, 0.3) is 0 Å². The summed E-state index contributed by atoms with van der Waals surface area (Å²) < 4.78 is 36.4. The Bertz CT molecular complexity index is 980. The van der Waals surface area contributed by atoms with Crippen molar-refractivity contribution in [2.24, 2.45) is 0 Å². The Morgan fingerprint density at radius 2 is 1.62 bits per heavy atom. The first-order chi connectivity index (χ1) is 14.0. The van der Waals surface area contributed by atoms with Crippen LogP contribution in [0, 0.1) is 11.6 Å². The summed E-state index contributed by atoms with van der Waals surface area (Å²) in [4.78, 5) is 23.6. The molecule has 0 atom stereocenters. The van der Waals surface area contributed by atoms with Gasteiger partial charge >= 0.3 is 0 Å². The summed E-state index contributed by atoms with van der Waals surface area (Å²) >= 11 is 0.964. The van der Waals surface area contributed by atoms with E-state index in [9.17, 15) is 18.4 Å². The molecule has 3 aromatic rings. The zero-order valence-corrected chi connectivity index (χ0v) is 15.5. The van der Waals surface area contributed by atoms with E-state index < -0.39 is 17.6 Å².